The van der Waals surface area contributed by atoms with Crippen LogP contribution in [0.15, 0.2) is 60.9 Å². The van der Waals surface area contributed by atoms with Crippen LogP contribution in [0.4, 0.5) is 0 Å². The van der Waals surface area contributed by atoms with Gasteiger partial charge in [-0.2, -0.15) is 0 Å². The summed E-state index contributed by atoms with van der Waals surface area (Å²) in [5.74, 6) is -0.990. The monoisotopic (exact) mass is 399 g/mol. The molecule has 0 bridgehead atoms. The highest BCUT2D eigenvalue weighted by Crippen LogP contribution is 2.15. The number of nitrogens with one attached hydrogen (secondary N) is 1. The number of amides is 1. The standard InChI is InChI=1S/C19H18ClN5O3/c20-16-8-6-15(7-9-16)11-21-18(26)12-28-19(27)17(25-13-22-23-24-25)10-14-4-2-1-3-5-14/h1-9,13,17H,10-12H2,(H,21,26)/t17-/m0/s1. The molecule has 3 aromatic rings. The van der Waals surface area contributed by atoms with Crippen molar-refractivity contribution in [1.82, 2.24) is 25.5 Å². The maximum atomic E-state index is 12.5. The average Bonchev–Trinajstić information content (AvgIpc) is 3.25. The first kappa shape index (κ1) is 19.5. The fourth-order valence-corrected chi connectivity index (χ4v) is 2.65. The van der Waals surface area contributed by atoms with E-state index >= 15 is 0 Å². The summed E-state index contributed by atoms with van der Waals surface area (Å²) in [5.41, 5.74) is 1.81. The second-order valence-corrected chi connectivity index (χ2v) is 6.44. The van der Waals surface area contributed by atoms with E-state index in [9.17, 15) is 9.59 Å². The van der Waals surface area contributed by atoms with Crippen LogP contribution in [0.2, 0.25) is 5.02 Å². The molecule has 0 aliphatic carbocycles. The van der Waals surface area contributed by atoms with Crippen molar-refractivity contribution >= 4 is 23.5 Å². The van der Waals surface area contributed by atoms with Crippen LogP contribution in [0.25, 0.3) is 0 Å². The molecule has 0 radical (unpaired) electrons. The van der Waals surface area contributed by atoms with Gasteiger partial charge in [0, 0.05) is 18.0 Å². The van der Waals surface area contributed by atoms with Gasteiger partial charge in [0.15, 0.2) is 12.6 Å². The third-order valence-corrected chi connectivity index (χ3v) is 4.23. The molecule has 0 fully saturated rings. The third-order valence-electron chi connectivity index (χ3n) is 3.98. The van der Waals surface area contributed by atoms with Gasteiger partial charge in [0.2, 0.25) is 0 Å². The van der Waals surface area contributed by atoms with Crippen LogP contribution in [-0.2, 0) is 27.3 Å². The molecule has 0 saturated heterocycles. The highest BCUT2D eigenvalue weighted by Gasteiger charge is 2.24. The van der Waals surface area contributed by atoms with Crippen LogP contribution in [0.1, 0.15) is 17.2 Å². The molecular formula is C19H18ClN5O3. The fraction of sp³-hybridized carbons (Fsp3) is 0.211. The van der Waals surface area contributed by atoms with Gasteiger partial charge in [-0.25, -0.2) is 9.48 Å². The lowest BCUT2D eigenvalue weighted by molar-refractivity contribution is -0.152. The molecule has 0 spiro atoms. The van der Waals surface area contributed by atoms with Gasteiger partial charge in [0.1, 0.15) is 6.33 Å². The summed E-state index contributed by atoms with van der Waals surface area (Å²) in [5, 5.41) is 14.2. The summed E-state index contributed by atoms with van der Waals surface area (Å²) in [6, 6.07) is 15.8. The van der Waals surface area contributed by atoms with Crippen molar-refractivity contribution < 1.29 is 14.3 Å². The van der Waals surface area contributed by atoms with Crippen molar-refractivity contribution in [2.75, 3.05) is 6.61 Å². The van der Waals surface area contributed by atoms with Gasteiger partial charge in [0.25, 0.3) is 5.91 Å². The van der Waals surface area contributed by atoms with Gasteiger partial charge >= 0.3 is 5.97 Å². The number of aromatic nitrogens is 4. The van der Waals surface area contributed by atoms with Crippen molar-refractivity contribution in [2.24, 2.45) is 0 Å². The first-order valence-corrected chi connectivity index (χ1v) is 8.94. The van der Waals surface area contributed by atoms with Crippen molar-refractivity contribution in [2.45, 2.75) is 19.0 Å². The quantitative estimate of drug-likeness (QED) is 0.581. The fourth-order valence-electron chi connectivity index (χ4n) is 2.52. The summed E-state index contributed by atoms with van der Waals surface area (Å²) in [7, 11) is 0. The first-order chi connectivity index (χ1) is 13.6. The van der Waals surface area contributed by atoms with Crippen molar-refractivity contribution in [1.29, 1.82) is 0 Å². The van der Waals surface area contributed by atoms with Crippen LogP contribution < -0.4 is 5.32 Å². The zero-order chi connectivity index (χ0) is 19.8. The van der Waals surface area contributed by atoms with Gasteiger partial charge < -0.3 is 10.1 Å². The first-order valence-electron chi connectivity index (χ1n) is 8.56. The largest absolute Gasteiger partial charge is 0.454 e. The number of halogens is 1. The van der Waals surface area contributed by atoms with E-state index in [4.69, 9.17) is 16.3 Å². The molecule has 1 atom stereocenters. The van der Waals surface area contributed by atoms with E-state index in [1.807, 2.05) is 42.5 Å². The predicted molar refractivity (Wildman–Crippen MR) is 101 cm³/mol. The Bertz CT molecular complexity index is 901. The lowest BCUT2D eigenvalue weighted by atomic mass is 10.1. The van der Waals surface area contributed by atoms with Crippen molar-refractivity contribution in [3.05, 3.63) is 77.1 Å². The number of benzene rings is 2. The van der Waals surface area contributed by atoms with Gasteiger partial charge in [-0.1, -0.05) is 54.1 Å². The molecule has 9 heteroatoms. The molecule has 144 valence electrons. The van der Waals surface area contributed by atoms with Crippen LogP contribution in [0.3, 0.4) is 0 Å². The molecule has 3 rings (SSSR count). The van der Waals surface area contributed by atoms with E-state index in [0.29, 0.717) is 18.0 Å². The number of hydrogen-bond donors (Lipinski definition) is 1. The average molecular weight is 400 g/mol. The Kier molecular flexibility index (Phi) is 6.69. The van der Waals surface area contributed by atoms with Gasteiger partial charge in [-0.05, 0) is 33.7 Å². The highest BCUT2D eigenvalue weighted by molar-refractivity contribution is 6.30. The maximum absolute atomic E-state index is 12.5. The number of nitrogens with zero attached hydrogens (tertiary/aromatic N) is 4. The summed E-state index contributed by atoms with van der Waals surface area (Å²) in [6.07, 6.45) is 1.69. The van der Waals surface area contributed by atoms with Crippen LogP contribution in [0, 0.1) is 0 Å². The van der Waals surface area contributed by atoms with Crippen LogP contribution >= 0.6 is 11.6 Å². The Balaban J connectivity index is 1.54. The second kappa shape index (κ2) is 9.61. The van der Waals surface area contributed by atoms with Crippen LogP contribution in [-0.4, -0.2) is 38.7 Å². The molecule has 28 heavy (non-hydrogen) atoms. The number of carbonyl (C=O) groups is 2. The lowest BCUT2D eigenvalue weighted by Crippen LogP contribution is -2.31. The van der Waals surface area contributed by atoms with Crippen molar-refractivity contribution in [3.63, 3.8) is 0 Å². The van der Waals surface area contributed by atoms with E-state index in [1.165, 1.54) is 11.0 Å². The van der Waals surface area contributed by atoms with E-state index < -0.39 is 17.9 Å². The molecule has 2 aromatic carbocycles. The summed E-state index contributed by atoms with van der Waals surface area (Å²) < 4.78 is 6.50. The van der Waals surface area contributed by atoms with Crippen molar-refractivity contribution in [3.8, 4) is 0 Å². The molecule has 0 unspecified atom stereocenters. The summed E-state index contributed by atoms with van der Waals surface area (Å²) in [6.45, 7) is -0.0756. The molecule has 0 aliphatic heterocycles. The van der Waals surface area contributed by atoms with E-state index in [1.54, 1.807) is 12.1 Å². The minimum absolute atomic E-state index is 0.313. The molecule has 1 heterocycles. The number of esters is 1. The van der Waals surface area contributed by atoms with Crippen LogP contribution in [0.5, 0.6) is 0 Å². The second-order valence-electron chi connectivity index (χ2n) is 6.01. The Morgan fingerprint density at radius 3 is 2.50 bits per heavy atom. The number of tetrazole rings is 1. The number of ether oxygens (including phenoxy) is 1. The zero-order valence-corrected chi connectivity index (χ0v) is 15.6. The Hall–Kier alpha value is -3.26. The normalized spacial score (nSPS) is 11.6. The molecule has 0 aliphatic rings. The molecule has 1 N–H and O–H groups in total. The Labute approximate surface area is 166 Å². The SMILES string of the molecule is O=C(COC(=O)[C@H](Cc1ccccc1)n1cnnn1)NCc1ccc(Cl)cc1. The number of hydrogen-bond acceptors (Lipinski definition) is 6. The third kappa shape index (κ3) is 5.62. The smallest absolute Gasteiger partial charge is 0.331 e. The van der Waals surface area contributed by atoms with E-state index in [2.05, 4.69) is 20.8 Å². The number of rotatable bonds is 8. The van der Waals surface area contributed by atoms with E-state index in [0.717, 1.165) is 11.1 Å². The zero-order valence-electron chi connectivity index (χ0n) is 14.9. The predicted octanol–water partition coefficient (Wildman–Crippen LogP) is 1.97. The van der Waals surface area contributed by atoms with Gasteiger partial charge in [0.05, 0.1) is 0 Å². The van der Waals surface area contributed by atoms with E-state index in [-0.39, 0.29) is 6.61 Å². The maximum Gasteiger partial charge on any atom is 0.331 e. The lowest BCUT2D eigenvalue weighted by Gasteiger charge is -2.15. The van der Waals surface area contributed by atoms with Gasteiger partial charge in [-0.3, -0.25) is 4.79 Å². The summed E-state index contributed by atoms with van der Waals surface area (Å²) in [4.78, 5) is 24.5. The molecule has 1 aromatic heterocycles. The molecule has 8 nitrogen and oxygen atoms in total. The van der Waals surface area contributed by atoms with Gasteiger partial charge in [-0.15, -0.1) is 5.10 Å². The molecular weight excluding hydrogens is 382 g/mol. The Morgan fingerprint density at radius 2 is 1.82 bits per heavy atom. The topological polar surface area (TPSA) is 99.0 Å². The molecule has 0 saturated carbocycles. The summed E-state index contributed by atoms with van der Waals surface area (Å²) >= 11 is 5.83. The molecule has 1 amide bonds. The number of carbonyl (C=O) groups excluding carboxylic acids is 2. The highest BCUT2D eigenvalue weighted by atomic mass is 35.5. The minimum Gasteiger partial charge on any atom is -0.454 e. The minimum atomic E-state index is -0.763. The Morgan fingerprint density at radius 1 is 1.07 bits per heavy atom.